The number of hydrogen-bond acceptors (Lipinski definition) is 0. The summed E-state index contributed by atoms with van der Waals surface area (Å²) in [6.07, 6.45) is 4.24. The summed E-state index contributed by atoms with van der Waals surface area (Å²) in [6.45, 7) is 12.2. The van der Waals surface area contributed by atoms with E-state index in [2.05, 4.69) is 34.6 Å². The Bertz CT molecular complexity index is 220. The fraction of sp³-hybridized carbons (Fsp3) is 1.00. The molecule has 2 aliphatic rings. The van der Waals surface area contributed by atoms with Crippen LogP contribution in [0.4, 0.5) is 0 Å². The zero-order valence-corrected chi connectivity index (χ0v) is 11.2. The van der Waals surface area contributed by atoms with E-state index in [9.17, 15) is 0 Å². The van der Waals surface area contributed by atoms with Crippen molar-refractivity contribution in [3.05, 3.63) is 0 Å². The van der Waals surface area contributed by atoms with Gasteiger partial charge in [0.1, 0.15) is 0 Å². The molecule has 88 valence electrons. The predicted octanol–water partition coefficient (Wildman–Crippen LogP) is 4.60. The average molecular weight is 208 g/mol. The van der Waals surface area contributed by atoms with Gasteiger partial charge in [0.25, 0.3) is 0 Å². The highest BCUT2D eigenvalue weighted by molar-refractivity contribution is 5.10. The van der Waals surface area contributed by atoms with Gasteiger partial charge >= 0.3 is 0 Å². The van der Waals surface area contributed by atoms with Gasteiger partial charge in [-0.2, -0.15) is 0 Å². The summed E-state index contributed by atoms with van der Waals surface area (Å²) < 4.78 is 0. The first-order valence-electron chi connectivity index (χ1n) is 7.13. The van der Waals surface area contributed by atoms with Crippen molar-refractivity contribution in [1.29, 1.82) is 0 Å². The molecule has 0 aliphatic heterocycles. The van der Waals surface area contributed by atoms with E-state index in [1.807, 2.05) is 0 Å². The first-order chi connectivity index (χ1) is 7.13. The van der Waals surface area contributed by atoms with Crippen molar-refractivity contribution < 1.29 is 0 Å². The van der Waals surface area contributed by atoms with E-state index >= 15 is 0 Å². The molecule has 7 atom stereocenters. The molecular weight excluding hydrogens is 180 g/mol. The number of rotatable bonds is 5. The zero-order valence-electron chi connectivity index (χ0n) is 11.2. The molecule has 2 aliphatic carbocycles. The number of hydrogen-bond donors (Lipinski definition) is 0. The Morgan fingerprint density at radius 3 is 2.13 bits per heavy atom. The van der Waals surface area contributed by atoms with Crippen LogP contribution in [0.25, 0.3) is 0 Å². The van der Waals surface area contributed by atoms with Gasteiger partial charge in [0, 0.05) is 0 Å². The van der Waals surface area contributed by atoms with Gasteiger partial charge in [0.2, 0.25) is 0 Å². The van der Waals surface area contributed by atoms with E-state index in [1.54, 1.807) is 0 Å². The molecule has 0 heteroatoms. The van der Waals surface area contributed by atoms with Crippen LogP contribution < -0.4 is 0 Å². The van der Waals surface area contributed by atoms with Gasteiger partial charge in [-0.25, -0.2) is 0 Å². The van der Waals surface area contributed by atoms with E-state index in [0.29, 0.717) is 0 Å². The summed E-state index contributed by atoms with van der Waals surface area (Å²) in [4.78, 5) is 0. The maximum Gasteiger partial charge on any atom is -0.0318 e. The molecule has 0 N–H and O–H groups in total. The van der Waals surface area contributed by atoms with Crippen molar-refractivity contribution in [1.82, 2.24) is 0 Å². The third-order valence-electron chi connectivity index (χ3n) is 5.47. The lowest BCUT2D eigenvalue weighted by atomic mass is 9.97. The lowest BCUT2D eigenvalue weighted by Gasteiger charge is -2.09. The van der Waals surface area contributed by atoms with Gasteiger partial charge in [-0.15, -0.1) is 0 Å². The molecule has 0 spiro atoms. The molecule has 0 saturated heterocycles. The van der Waals surface area contributed by atoms with Crippen molar-refractivity contribution in [2.45, 2.75) is 53.9 Å². The van der Waals surface area contributed by atoms with Crippen LogP contribution in [0.1, 0.15) is 53.9 Å². The Hall–Kier alpha value is 0. The molecule has 0 amide bonds. The molecule has 0 heterocycles. The molecule has 2 rings (SSSR count). The molecule has 0 radical (unpaired) electrons. The van der Waals surface area contributed by atoms with Crippen molar-refractivity contribution in [2.24, 2.45) is 41.4 Å². The summed E-state index contributed by atoms with van der Waals surface area (Å²) >= 11 is 0. The molecule has 0 aromatic heterocycles. The van der Waals surface area contributed by atoms with Crippen LogP contribution in [0.3, 0.4) is 0 Å². The van der Waals surface area contributed by atoms with Gasteiger partial charge in [-0.3, -0.25) is 0 Å². The second-order valence-electron chi connectivity index (χ2n) is 6.29. The Balaban J connectivity index is 1.87. The summed E-state index contributed by atoms with van der Waals surface area (Å²) in [5.41, 5.74) is 0. The van der Waals surface area contributed by atoms with Crippen molar-refractivity contribution in [2.75, 3.05) is 0 Å². The molecular formula is C15H28. The average Bonchev–Trinajstić information content (AvgIpc) is 3.03. The molecule has 15 heavy (non-hydrogen) atoms. The Labute approximate surface area is 95.8 Å². The van der Waals surface area contributed by atoms with Crippen LogP contribution in [0, 0.1) is 41.4 Å². The first-order valence-corrected chi connectivity index (χ1v) is 7.13. The minimum Gasteiger partial charge on any atom is -0.0654 e. The topological polar surface area (TPSA) is 0 Å². The molecule has 7 unspecified atom stereocenters. The second-order valence-corrected chi connectivity index (χ2v) is 6.29. The zero-order chi connectivity index (χ0) is 11.2. The molecule has 0 aromatic carbocycles. The third-order valence-corrected chi connectivity index (χ3v) is 5.47. The van der Waals surface area contributed by atoms with Crippen molar-refractivity contribution in [3.63, 3.8) is 0 Å². The summed E-state index contributed by atoms with van der Waals surface area (Å²) in [7, 11) is 0. The van der Waals surface area contributed by atoms with E-state index in [1.165, 1.54) is 19.3 Å². The van der Waals surface area contributed by atoms with Gasteiger partial charge in [0.05, 0.1) is 0 Å². The van der Waals surface area contributed by atoms with Gasteiger partial charge in [-0.1, -0.05) is 53.9 Å². The molecule has 2 saturated carbocycles. The van der Waals surface area contributed by atoms with Crippen LogP contribution in [0.5, 0.6) is 0 Å². The summed E-state index contributed by atoms with van der Waals surface area (Å²) in [5.74, 6) is 7.43. The Morgan fingerprint density at radius 1 is 1.00 bits per heavy atom. The Morgan fingerprint density at radius 2 is 1.67 bits per heavy atom. The highest BCUT2D eigenvalue weighted by atomic mass is 14.7. The highest BCUT2D eigenvalue weighted by Crippen LogP contribution is 2.67. The molecule has 2 fully saturated rings. The Kier molecular flexibility index (Phi) is 3.14. The highest BCUT2D eigenvalue weighted by Gasteiger charge is 2.62. The fourth-order valence-corrected chi connectivity index (χ4v) is 4.54. The summed E-state index contributed by atoms with van der Waals surface area (Å²) in [6, 6.07) is 0. The van der Waals surface area contributed by atoms with Gasteiger partial charge in [-0.05, 0) is 41.4 Å². The minimum absolute atomic E-state index is 0.986. The maximum atomic E-state index is 2.50. The van der Waals surface area contributed by atoms with Crippen LogP contribution in [-0.2, 0) is 0 Å². The lowest BCUT2D eigenvalue weighted by Crippen LogP contribution is -2.00. The van der Waals surface area contributed by atoms with E-state index in [0.717, 1.165) is 41.4 Å². The van der Waals surface area contributed by atoms with E-state index < -0.39 is 0 Å². The van der Waals surface area contributed by atoms with Gasteiger partial charge in [0.15, 0.2) is 0 Å². The van der Waals surface area contributed by atoms with E-state index in [-0.39, 0.29) is 0 Å². The quantitative estimate of drug-likeness (QED) is 0.619. The standard InChI is InChI=1S/C15H28/c1-6-8-9(3)13-11(5)15(13)14-10(4)12(14)7-2/h9-15H,6-8H2,1-5H3. The third kappa shape index (κ3) is 1.85. The monoisotopic (exact) mass is 208 g/mol. The van der Waals surface area contributed by atoms with Crippen LogP contribution >= 0.6 is 0 Å². The lowest BCUT2D eigenvalue weighted by molar-refractivity contribution is 0.410. The van der Waals surface area contributed by atoms with Gasteiger partial charge < -0.3 is 0 Å². The van der Waals surface area contributed by atoms with E-state index in [4.69, 9.17) is 0 Å². The van der Waals surface area contributed by atoms with Crippen LogP contribution in [0.2, 0.25) is 0 Å². The predicted molar refractivity (Wildman–Crippen MR) is 66.7 cm³/mol. The van der Waals surface area contributed by atoms with Crippen LogP contribution in [-0.4, -0.2) is 0 Å². The molecule has 0 nitrogen and oxygen atoms in total. The SMILES string of the molecule is CCCC(C)C1C(C)C1C1C(C)C1CC. The minimum atomic E-state index is 0.986. The fourth-order valence-electron chi connectivity index (χ4n) is 4.54. The maximum absolute atomic E-state index is 2.50. The van der Waals surface area contributed by atoms with Crippen molar-refractivity contribution >= 4 is 0 Å². The van der Waals surface area contributed by atoms with Crippen molar-refractivity contribution in [3.8, 4) is 0 Å². The molecule has 0 aromatic rings. The molecule has 0 bridgehead atoms. The smallest absolute Gasteiger partial charge is 0.0318 e. The normalized spacial score (nSPS) is 50.2. The first kappa shape index (κ1) is 11.5. The largest absolute Gasteiger partial charge is 0.0654 e. The second kappa shape index (κ2) is 4.11. The summed E-state index contributed by atoms with van der Waals surface area (Å²) in [5, 5.41) is 0. The van der Waals surface area contributed by atoms with Crippen LogP contribution in [0.15, 0.2) is 0 Å².